The van der Waals surface area contributed by atoms with E-state index in [4.69, 9.17) is 0 Å². The van der Waals surface area contributed by atoms with Crippen LogP contribution in [0.15, 0.2) is 36.4 Å². The minimum absolute atomic E-state index is 0.0286. The van der Waals surface area contributed by atoms with Crippen LogP contribution in [0.25, 0.3) is 10.8 Å². The molecule has 1 unspecified atom stereocenters. The Morgan fingerprint density at radius 2 is 1.69 bits per heavy atom. The second-order valence-corrected chi connectivity index (χ2v) is 8.10. The molecule has 3 fully saturated rings. The molecule has 0 N–H and O–H groups in total. The quantitative estimate of drug-likeness (QED) is 0.382. The summed E-state index contributed by atoms with van der Waals surface area (Å²) in [7, 11) is 0. The number of nitrogens with zero attached hydrogens (tertiary/aromatic N) is 2. The number of carbonyl (C=O) groups is 2. The average molecular weight is 368 g/mol. The molecule has 5 rings (SSSR count). The Labute approximate surface area is 154 Å². The monoisotopic (exact) mass is 368 g/mol. The van der Waals surface area contributed by atoms with Gasteiger partial charge in [0.1, 0.15) is 0 Å². The van der Waals surface area contributed by atoms with Crippen LogP contribution in [0.4, 0.5) is 11.4 Å². The number of anilines is 1. The van der Waals surface area contributed by atoms with E-state index >= 15 is 0 Å². The highest BCUT2D eigenvalue weighted by Gasteiger charge is 2.63. The summed E-state index contributed by atoms with van der Waals surface area (Å²) in [4.78, 5) is 38.4. The number of hydrogen-bond acceptors (Lipinski definition) is 5. The molecule has 132 valence electrons. The Bertz CT molecular complexity index is 991. The van der Waals surface area contributed by atoms with Crippen LogP contribution in [0, 0.1) is 33.8 Å². The topological polar surface area (TPSA) is 80.5 Å². The molecule has 1 aliphatic heterocycles. The van der Waals surface area contributed by atoms with Crippen LogP contribution in [0.5, 0.6) is 0 Å². The molecule has 26 heavy (non-hydrogen) atoms. The molecule has 2 aliphatic carbocycles. The van der Waals surface area contributed by atoms with Crippen LogP contribution < -0.4 is 4.90 Å². The number of hydrogen-bond donors (Lipinski definition) is 1. The minimum atomic E-state index is -0.444. The maximum absolute atomic E-state index is 13.1. The van der Waals surface area contributed by atoms with Gasteiger partial charge in [0.2, 0.25) is 11.8 Å². The summed E-state index contributed by atoms with van der Waals surface area (Å²) in [5, 5.41) is 12.5. The van der Waals surface area contributed by atoms with E-state index in [1.54, 1.807) is 24.3 Å². The van der Waals surface area contributed by atoms with E-state index in [2.05, 4.69) is 12.6 Å². The fourth-order valence-electron chi connectivity index (χ4n) is 5.28. The average Bonchev–Trinajstić information content (AvgIpc) is 3.25. The fourth-order valence-corrected chi connectivity index (χ4v) is 5.86. The fraction of sp³-hybridized carbons (Fsp3) is 0.368. The Hall–Kier alpha value is -2.41. The van der Waals surface area contributed by atoms with Crippen LogP contribution in [-0.2, 0) is 9.59 Å². The van der Waals surface area contributed by atoms with Crippen molar-refractivity contribution >= 4 is 46.6 Å². The van der Waals surface area contributed by atoms with E-state index in [1.807, 2.05) is 0 Å². The first-order chi connectivity index (χ1) is 12.5. The van der Waals surface area contributed by atoms with E-state index in [-0.39, 0.29) is 46.4 Å². The standard InChI is InChI=1S/C19H16N2O4S/c22-18-16-9-7-12(15(26)8-9)17(16)19(23)20(18)13-5-6-14(21(24)25)11-4-2-1-3-10(11)13/h1-6,9,12,15-17,26H,7-8H2/t9-,12+,15+,16+,17?/m0/s1. The molecule has 6 nitrogen and oxygen atoms in total. The summed E-state index contributed by atoms with van der Waals surface area (Å²) in [6, 6.07) is 9.75. The third kappa shape index (κ3) is 1.89. The van der Waals surface area contributed by atoms with Crippen LogP contribution >= 0.6 is 12.6 Å². The highest BCUT2D eigenvalue weighted by atomic mass is 32.1. The van der Waals surface area contributed by atoms with Gasteiger partial charge >= 0.3 is 0 Å². The molecule has 2 aromatic carbocycles. The summed E-state index contributed by atoms with van der Waals surface area (Å²) in [5.74, 6) is -0.517. The van der Waals surface area contributed by atoms with E-state index in [1.165, 1.54) is 17.0 Å². The number of fused-ring (bicyclic) bond motifs is 6. The van der Waals surface area contributed by atoms with Crippen LogP contribution in [0.3, 0.4) is 0 Å². The summed E-state index contributed by atoms with van der Waals surface area (Å²) >= 11 is 4.60. The minimum Gasteiger partial charge on any atom is -0.274 e. The Morgan fingerprint density at radius 3 is 2.42 bits per heavy atom. The van der Waals surface area contributed by atoms with Crippen LogP contribution in [-0.4, -0.2) is 22.0 Å². The predicted octanol–water partition coefficient (Wildman–Crippen LogP) is 3.19. The molecule has 2 aromatic rings. The molecule has 2 amide bonds. The van der Waals surface area contributed by atoms with Crippen molar-refractivity contribution in [3.63, 3.8) is 0 Å². The summed E-state index contributed by atoms with van der Waals surface area (Å²) < 4.78 is 0. The number of nitro benzene ring substituents is 1. The number of amides is 2. The molecule has 0 spiro atoms. The SMILES string of the molecule is O=C1C2[C@@H]3C[C@@H](C[C@H]3S)[C@H]2C(=O)N1c1ccc([N+](=O)[O-])c2ccccc12. The smallest absolute Gasteiger partial charge is 0.274 e. The molecule has 2 saturated carbocycles. The summed E-state index contributed by atoms with van der Waals surface area (Å²) in [6.45, 7) is 0. The number of rotatable bonds is 2. The molecule has 1 saturated heterocycles. The Balaban J connectivity index is 1.66. The number of imide groups is 1. The van der Waals surface area contributed by atoms with Crippen molar-refractivity contribution in [2.24, 2.45) is 23.7 Å². The van der Waals surface area contributed by atoms with Gasteiger partial charge in [-0.1, -0.05) is 18.2 Å². The molecule has 1 heterocycles. The zero-order valence-corrected chi connectivity index (χ0v) is 14.6. The van der Waals surface area contributed by atoms with Crippen molar-refractivity contribution in [2.75, 3.05) is 4.90 Å². The highest BCUT2D eigenvalue weighted by Crippen LogP contribution is 2.58. The van der Waals surface area contributed by atoms with Crippen molar-refractivity contribution in [3.05, 3.63) is 46.5 Å². The first kappa shape index (κ1) is 15.8. The lowest BCUT2D eigenvalue weighted by Crippen LogP contribution is -2.33. The normalized spacial score (nSPS) is 32.5. The molecular formula is C19H16N2O4S. The van der Waals surface area contributed by atoms with Crippen molar-refractivity contribution in [2.45, 2.75) is 18.1 Å². The summed E-state index contributed by atoms with van der Waals surface area (Å²) in [5.41, 5.74) is 0.421. The maximum atomic E-state index is 13.1. The van der Waals surface area contributed by atoms with Gasteiger partial charge in [0.25, 0.3) is 5.69 Å². The number of nitro groups is 1. The van der Waals surface area contributed by atoms with E-state index in [9.17, 15) is 19.7 Å². The second-order valence-electron chi connectivity index (χ2n) is 7.43. The van der Waals surface area contributed by atoms with Gasteiger partial charge in [-0.3, -0.25) is 19.7 Å². The van der Waals surface area contributed by atoms with Crippen LogP contribution in [0.2, 0.25) is 0 Å². The Morgan fingerprint density at radius 1 is 1.00 bits per heavy atom. The van der Waals surface area contributed by atoms with Gasteiger partial charge in [0.15, 0.2) is 0 Å². The third-order valence-corrected chi connectivity index (χ3v) is 6.89. The molecule has 0 radical (unpaired) electrons. The van der Waals surface area contributed by atoms with Crippen molar-refractivity contribution in [1.29, 1.82) is 0 Å². The van der Waals surface area contributed by atoms with Crippen LogP contribution in [0.1, 0.15) is 12.8 Å². The third-order valence-electron chi connectivity index (χ3n) is 6.30. The van der Waals surface area contributed by atoms with Crippen molar-refractivity contribution < 1.29 is 14.5 Å². The van der Waals surface area contributed by atoms with Crippen molar-refractivity contribution in [1.82, 2.24) is 0 Å². The molecule has 7 heteroatoms. The van der Waals surface area contributed by atoms with Gasteiger partial charge in [0, 0.05) is 16.7 Å². The molecule has 2 bridgehead atoms. The Kier molecular flexibility index (Phi) is 3.22. The van der Waals surface area contributed by atoms with E-state index < -0.39 is 4.92 Å². The first-order valence-electron chi connectivity index (χ1n) is 8.71. The van der Waals surface area contributed by atoms with Crippen molar-refractivity contribution in [3.8, 4) is 0 Å². The van der Waals surface area contributed by atoms with Gasteiger partial charge in [-0.2, -0.15) is 12.6 Å². The van der Waals surface area contributed by atoms with Gasteiger partial charge < -0.3 is 0 Å². The van der Waals surface area contributed by atoms with Gasteiger partial charge in [0.05, 0.1) is 27.8 Å². The van der Waals surface area contributed by atoms with E-state index in [0.717, 1.165) is 12.8 Å². The zero-order valence-electron chi connectivity index (χ0n) is 13.7. The lowest BCUT2D eigenvalue weighted by atomic mass is 9.81. The molecule has 3 aliphatic rings. The number of benzene rings is 2. The first-order valence-corrected chi connectivity index (χ1v) is 9.22. The van der Waals surface area contributed by atoms with Gasteiger partial charge in [-0.05, 0) is 36.8 Å². The number of non-ortho nitro benzene ring substituents is 1. The van der Waals surface area contributed by atoms with Gasteiger partial charge in [-0.15, -0.1) is 0 Å². The lowest BCUT2D eigenvalue weighted by molar-refractivity contribution is -0.383. The van der Waals surface area contributed by atoms with E-state index in [0.29, 0.717) is 16.5 Å². The lowest BCUT2D eigenvalue weighted by Gasteiger charge is -2.24. The number of thiol groups is 1. The molecular weight excluding hydrogens is 352 g/mol. The summed E-state index contributed by atoms with van der Waals surface area (Å²) in [6.07, 6.45) is 1.78. The zero-order chi connectivity index (χ0) is 18.2. The highest BCUT2D eigenvalue weighted by molar-refractivity contribution is 7.81. The largest absolute Gasteiger partial charge is 0.277 e. The van der Waals surface area contributed by atoms with Gasteiger partial charge in [-0.25, -0.2) is 4.90 Å². The molecule has 5 atom stereocenters. The predicted molar refractivity (Wildman–Crippen MR) is 99.1 cm³/mol. The second kappa shape index (κ2) is 5.30. The maximum Gasteiger partial charge on any atom is 0.277 e. The molecule has 0 aromatic heterocycles. The number of carbonyl (C=O) groups excluding carboxylic acids is 2.